The first-order valence-electron chi connectivity index (χ1n) is 4.46. The summed E-state index contributed by atoms with van der Waals surface area (Å²) >= 11 is 0. The van der Waals surface area contributed by atoms with E-state index in [1.54, 1.807) is 0 Å². The number of aliphatic hydroxyl groups is 1. The standard InChI is InChI=1S/C10H13F2NO/c1-2-6-3-7(9(14)5-13)10(12)8(11)4-6/h3-4,9,14H,2,5,13H2,1H3. The van der Waals surface area contributed by atoms with Crippen LogP contribution >= 0.6 is 0 Å². The van der Waals surface area contributed by atoms with Crippen molar-refractivity contribution in [2.24, 2.45) is 5.73 Å². The van der Waals surface area contributed by atoms with Gasteiger partial charge in [0.05, 0.1) is 6.10 Å². The highest BCUT2D eigenvalue weighted by molar-refractivity contribution is 5.28. The molecule has 0 saturated heterocycles. The summed E-state index contributed by atoms with van der Waals surface area (Å²) in [6, 6.07) is 2.57. The second kappa shape index (κ2) is 4.48. The van der Waals surface area contributed by atoms with Crippen LogP contribution in [0.3, 0.4) is 0 Å². The SMILES string of the molecule is CCc1cc(F)c(F)c(C(O)CN)c1. The first-order chi connectivity index (χ1) is 6.60. The molecule has 0 fully saturated rings. The maximum atomic E-state index is 13.2. The van der Waals surface area contributed by atoms with Gasteiger partial charge in [0.1, 0.15) is 0 Å². The van der Waals surface area contributed by atoms with E-state index in [1.807, 2.05) is 6.92 Å². The molecule has 0 saturated carbocycles. The highest BCUT2D eigenvalue weighted by Crippen LogP contribution is 2.21. The summed E-state index contributed by atoms with van der Waals surface area (Å²) in [6.07, 6.45) is -0.558. The fourth-order valence-electron chi connectivity index (χ4n) is 1.24. The Balaban J connectivity index is 3.20. The summed E-state index contributed by atoms with van der Waals surface area (Å²) in [6.45, 7) is 1.70. The minimum atomic E-state index is -1.14. The number of aliphatic hydroxyl groups excluding tert-OH is 1. The van der Waals surface area contributed by atoms with Gasteiger partial charge in [0.15, 0.2) is 11.6 Å². The monoisotopic (exact) mass is 201 g/mol. The van der Waals surface area contributed by atoms with E-state index < -0.39 is 17.7 Å². The van der Waals surface area contributed by atoms with Gasteiger partial charge >= 0.3 is 0 Å². The Hall–Kier alpha value is -1.00. The lowest BCUT2D eigenvalue weighted by Gasteiger charge is -2.11. The second-order valence-corrected chi connectivity index (χ2v) is 3.09. The summed E-state index contributed by atoms with van der Waals surface area (Å²) in [5.41, 5.74) is 5.75. The number of hydrogen-bond donors (Lipinski definition) is 2. The molecule has 0 heterocycles. The van der Waals surface area contributed by atoms with Gasteiger partial charge in [-0.15, -0.1) is 0 Å². The topological polar surface area (TPSA) is 46.2 Å². The number of aryl methyl sites for hydroxylation is 1. The van der Waals surface area contributed by atoms with E-state index in [0.717, 1.165) is 6.07 Å². The maximum Gasteiger partial charge on any atom is 0.164 e. The first kappa shape index (κ1) is 11.1. The number of nitrogens with two attached hydrogens (primary N) is 1. The van der Waals surface area contributed by atoms with Crippen molar-refractivity contribution in [3.05, 3.63) is 34.9 Å². The minimum Gasteiger partial charge on any atom is -0.387 e. The summed E-state index contributed by atoms with van der Waals surface area (Å²) < 4.78 is 26.2. The highest BCUT2D eigenvalue weighted by Gasteiger charge is 2.15. The zero-order valence-corrected chi connectivity index (χ0v) is 7.93. The van der Waals surface area contributed by atoms with Crippen LogP contribution in [0.2, 0.25) is 0 Å². The van der Waals surface area contributed by atoms with Crippen molar-refractivity contribution >= 4 is 0 Å². The van der Waals surface area contributed by atoms with Crippen LogP contribution < -0.4 is 5.73 Å². The van der Waals surface area contributed by atoms with Crippen LogP contribution in [0.5, 0.6) is 0 Å². The van der Waals surface area contributed by atoms with E-state index in [-0.39, 0.29) is 12.1 Å². The van der Waals surface area contributed by atoms with Crippen LogP contribution in [0.4, 0.5) is 8.78 Å². The zero-order valence-electron chi connectivity index (χ0n) is 7.93. The van der Waals surface area contributed by atoms with Gasteiger partial charge in [-0.2, -0.15) is 0 Å². The average molecular weight is 201 g/mol. The van der Waals surface area contributed by atoms with Gasteiger partial charge in [-0.1, -0.05) is 13.0 Å². The predicted octanol–water partition coefficient (Wildman–Crippen LogP) is 1.52. The molecule has 4 heteroatoms. The molecular weight excluding hydrogens is 188 g/mol. The number of halogens is 2. The second-order valence-electron chi connectivity index (χ2n) is 3.09. The van der Waals surface area contributed by atoms with Gasteiger partial charge in [0.2, 0.25) is 0 Å². The third-order valence-electron chi connectivity index (χ3n) is 2.11. The highest BCUT2D eigenvalue weighted by atomic mass is 19.2. The predicted molar refractivity (Wildman–Crippen MR) is 49.8 cm³/mol. The van der Waals surface area contributed by atoms with Crippen molar-refractivity contribution < 1.29 is 13.9 Å². The molecule has 2 nitrogen and oxygen atoms in total. The van der Waals surface area contributed by atoms with Crippen molar-refractivity contribution in [1.29, 1.82) is 0 Å². The quantitative estimate of drug-likeness (QED) is 0.778. The van der Waals surface area contributed by atoms with Crippen molar-refractivity contribution in [1.82, 2.24) is 0 Å². The van der Waals surface area contributed by atoms with Crippen LogP contribution in [-0.4, -0.2) is 11.7 Å². The van der Waals surface area contributed by atoms with Crippen molar-refractivity contribution in [3.63, 3.8) is 0 Å². The number of hydrogen-bond acceptors (Lipinski definition) is 2. The summed E-state index contributed by atoms with van der Waals surface area (Å²) in [4.78, 5) is 0. The lowest BCUT2D eigenvalue weighted by atomic mass is 10.0. The summed E-state index contributed by atoms with van der Waals surface area (Å²) in [7, 11) is 0. The molecule has 0 aromatic heterocycles. The Morgan fingerprint density at radius 3 is 2.57 bits per heavy atom. The molecule has 1 aromatic carbocycles. The Labute approximate surface area is 81.4 Å². The van der Waals surface area contributed by atoms with Crippen LogP contribution in [0, 0.1) is 11.6 Å². The van der Waals surface area contributed by atoms with E-state index in [2.05, 4.69) is 0 Å². The van der Waals surface area contributed by atoms with Gasteiger partial charge in [-0.3, -0.25) is 0 Å². The molecule has 0 aliphatic carbocycles. The van der Waals surface area contributed by atoms with Crippen LogP contribution in [0.1, 0.15) is 24.2 Å². The number of benzene rings is 1. The largest absolute Gasteiger partial charge is 0.387 e. The molecule has 1 atom stereocenters. The Bertz CT molecular complexity index is 328. The number of rotatable bonds is 3. The third-order valence-corrected chi connectivity index (χ3v) is 2.11. The van der Waals surface area contributed by atoms with Crippen LogP contribution in [-0.2, 0) is 6.42 Å². The molecule has 1 rings (SSSR count). The summed E-state index contributed by atoms with van der Waals surface area (Å²) in [5, 5.41) is 9.32. The Kier molecular flexibility index (Phi) is 3.55. The molecule has 14 heavy (non-hydrogen) atoms. The molecule has 1 unspecified atom stereocenters. The van der Waals surface area contributed by atoms with E-state index in [1.165, 1.54) is 6.07 Å². The molecule has 0 aliphatic heterocycles. The lowest BCUT2D eigenvalue weighted by molar-refractivity contribution is 0.180. The maximum absolute atomic E-state index is 13.2. The molecular formula is C10H13F2NO. The van der Waals surface area contributed by atoms with E-state index >= 15 is 0 Å². The molecule has 0 radical (unpaired) electrons. The average Bonchev–Trinajstić information content (AvgIpc) is 2.20. The fourth-order valence-corrected chi connectivity index (χ4v) is 1.24. The Morgan fingerprint density at radius 1 is 1.43 bits per heavy atom. The molecule has 78 valence electrons. The normalized spacial score (nSPS) is 12.9. The van der Waals surface area contributed by atoms with Gasteiger partial charge in [0.25, 0.3) is 0 Å². The van der Waals surface area contributed by atoms with Gasteiger partial charge < -0.3 is 10.8 Å². The molecule has 1 aromatic rings. The van der Waals surface area contributed by atoms with E-state index in [9.17, 15) is 13.9 Å². The Morgan fingerprint density at radius 2 is 2.07 bits per heavy atom. The van der Waals surface area contributed by atoms with Crippen molar-refractivity contribution in [3.8, 4) is 0 Å². The summed E-state index contributed by atoms with van der Waals surface area (Å²) in [5.74, 6) is -1.95. The van der Waals surface area contributed by atoms with Crippen molar-refractivity contribution in [2.75, 3.05) is 6.54 Å². The van der Waals surface area contributed by atoms with Crippen LogP contribution in [0.25, 0.3) is 0 Å². The van der Waals surface area contributed by atoms with Gasteiger partial charge in [-0.05, 0) is 18.1 Å². The molecule has 0 bridgehead atoms. The van der Waals surface area contributed by atoms with Crippen molar-refractivity contribution in [2.45, 2.75) is 19.4 Å². The van der Waals surface area contributed by atoms with Crippen LogP contribution in [0.15, 0.2) is 12.1 Å². The van der Waals surface area contributed by atoms with Gasteiger partial charge in [0, 0.05) is 12.1 Å². The molecule has 3 N–H and O–H groups in total. The first-order valence-corrected chi connectivity index (χ1v) is 4.46. The molecule has 0 amide bonds. The minimum absolute atomic E-state index is 0.0654. The fraction of sp³-hybridized carbons (Fsp3) is 0.400. The van der Waals surface area contributed by atoms with E-state index in [0.29, 0.717) is 12.0 Å². The van der Waals surface area contributed by atoms with Gasteiger partial charge in [-0.25, -0.2) is 8.78 Å². The smallest absolute Gasteiger partial charge is 0.164 e. The zero-order chi connectivity index (χ0) is 10.7. The molecule has 0 spiro atoms. The van der Waals surface area contributed by atoms with E-state index in [4.69, 9.17) is 5.73 Å². The molecule has 0 aliphatic rings. The lowest BCUT2D eigenvalue weighted by Crippen LogP contribution is -2.14. The third kappa shape index (κ3) is 2.08.